The van der Waals surface area contributed by atoms with Gasteiger partial charge in [-0.3, -0.25) is 9.59 Å². The van der Waals surface area contributed by atoms with Crippen molar-refractivity contribution in [2.75, 3.05) is 0 Å². The molecule has 4 nitrogen and oxygen atoms in total. The predicted molar refractivity (Wildman–Crippen MR) is 70.6 cm³/mol. The van der Waals surface area contributed by atoms with Crippen molar-refractivity contribution in [3.8, 4) is 12.3 Å². The monoisotopic (exact) mass is 250 g/mol. The van der Waals surface area contributed by atoms with Crippen LogP contribution in [0.15, 0.2) is 0 Å². The van der Waals surface area contributed by atoms with Gasteiger partial charge in [0.05, 0.1) is 0 Å². The Hall–Kier alpha value is -1.50. The molecular weight excluding hydrogens is 228 g/mol. The molecule has 1 fully saturated rings. The molecule has 18 heavy (non-hydrogen) atoms. The lowest BCUT2D eigenvalue weighted by molar-refractivity contribution is -0.154. The number of carbonyl (C=O) groups excluding carboxylic acids is 2. The van der Waals surface area contributed by atoms with Crippen LogP contribution in [0.5, 0.6) is 0 Å². The van der Waals surface area contributed by atoms with Crippen molar-refractivity contribution in [2.45, 2.75) is 59.2 Å². The minimum Gasteiger partial charge on any atom is -0.342 e. The first-order valence-electron chi connectivity index (χ1n) is 6.26. The van der Waals surface area contributed by atoms with Gasteiger partial charge in [0.1, 0.15) is 12.1 Å². The zero-order chi connectivity index (χ0) is 14.1. The standard InChI is InChI=1S/C14H22N2O2/c1-7-8-9(2)16-10(3)12(17)15-11(13(16)18)14(4,5)6/h1,9-11H,8H2,2-6H3,(H,15,17). The van der Waals surface area contributed by atoms with Gasteiger partial charge in [-0.2, -0.15) is 0 Å². The van der Waals surface area contributed by atoms with E-state index in [1.54, 1.807) is 11.8 Å². The van der Waals surface area contributed by atoms with E-state index in [0.717, 1.165) is 0 Å². The van der Waals surface area contributed by atoms with Gasteiger partial charge >= 0.3 is 0 Å². The highest BCUT2D eigenvalue weighted by Gasteiger charge is 2.44. The van der Waals surface area contributed by atoms with E-state index < -0.39 is 12.1 Å². The molecule has 1 rings (SSSR count). The summed E-state index contributed by atoms with van der Waals surface area (Å²) in [6.07, 6.45) is 5.75. The van der Waals surface area contributed by atoms with Crippen LogP contribution in [0.1, 0.15) is 41.0 Å². The Bertz CT molecular complexity index is 390. The number of rotatable bonds is 2. The maximum Gasteiger partial charge on any atom is 0.246 e. The summed E-state index contributed by atoms with van der Waals surface area (Å²) >= 11 is 0. The predicted octanol–water partition coefficient (Wildman–Crippen LogP) is 1.16. The number of carbonyl (C=O) groups is 2. The molecule has 100 valence electrons. The molecule has 1 heterocycles. The van der Waals surface area contributed by atoms with E-state index in [1.807, 2.05) is 27.7 Å². The molecule has 1 N–H and O–H groups in total. The molecule has 0 saturated carbocycles. The summed E-state index contributed by atoms with van der Waals surface area (Å²) < 4.78 is 0. The minimum absolute atomic E-state index is 0.0441. The second kappa shape index (κ2) is 5.01. The Morgan fingerprint density at radius 1 is 1.44 bits per heavy atom. The number of hydrogen-bond acceptors (Lipinski definition) is 2. The van der Waals surface area contributed by atoms with Gasteiger partial charge in [0.15, 0.2) is 0 Å². The molecule has 0 spiro atoms. The van der Waals surface area contributed by atoms with E-state index in [9.17, 15) is 9.59 Å². The number of piperazine rings is 1. The summed E-state index contributed by atoms with van der Waals surface area (Å²) in [5.74, 6) is 2.39. The normalized spacial score (nSPS) is 26.6. The molecule has 4 heteroatoms. The molecule has 0 bridgehead atoms. The van der Waals surface area contributed by atoms with Crippen molar-refractivity contribution in [1.82, 2.24) is 10.2 Å². The zero-order valence-corrected chi connectivity index (χ0v) is 11.8. The van der Waals surface area contributed by atoms with Gasteiger partial charge in [0, 0.05) is 12.5 Å². The van der Waals surface area contributed by atoms with E-state index >= 15 is 0 Å². The first-order valence-corrected chi connectivity index (χ1v) is 6.26. The van der Waals surface area contributed by atoms with Crippen molar-refractivity contribution in [3.05, 3.63) is 0 Å². The Kier molecular flexibility index (Phi) is 4.05. The lowest BCUT2D eigenvalue weighted by atomic mass is 9.83. The molecule has 0 aromatic carbocycles. The van der Waals surface area contributed by atoms with Gasteiger partial charge in [-0.25, -0.2) is 0 Å². The average molecular weight is 250 g/mol. The van der Waals surface area contributed by atoms with Crippen LogP contribution in [0.4, 0.5) is 0 Å². The molecule has 1 saturated heterocycles. The van der Waals surface area contributed by atoms with Crippen molar-refractivity contribution in [2.24, 2.45) is 5.41 Å². The fraction of sp³-hybridized carbons (Fsp3) is 0.714. The van der Waals surface area contributed by atoms with Crippen LogP contribution in [0.3, 0.4) is 0 Å². The molecule has 3 atom stereocenters. The van der Waals surface area contributed by atoms with E-state index in [0.29, 0.717) is 6.42 Å². The number of nitrogens with zero attached hydrogens (tertiary/aromatic N) is 1. The second-order valence-corrected chi connectivity index (χ2v) is 5.99. The van der Waals surface area contributed by atoms with Gasteiger partial charge in [-0.05, 0) is 19.3 Å². The number of terminal acetylenes is 1. The molecule has 1 aliphatic heterocycles. The fourth-order valence-corrected chi connectivity index (χ4v) is 2.25. The molecular formula is C14H22N2O2. The Morgan fingerprint density at radius 3 is 2.44 bits per heavy atom. The zero-order valence-electron chi connectivity index (χ0n) is 11.8. The smallest absolute Gasteiger partial charge is 0.246 e. The van der Waals surface area contributed by atoms with E-state index in [4.69, 9.17) is 6.42 Å². The van der Waals surface area contributed by atoms with Gasteiger partial charge in [0.2, 0.25) is 11.8 Å². The van der Waals surface area contributed by atoms with E-state index in [2.05, 4.69) is 11.2 Å². The third kappa shape index (κ3) is 2.66. The van der Waals surface area contributed by atoms with Crippen molar-refractivity contribution in [1.29, 1.82) is 0 Å². The lowest BCUT2D eigenvalue weighted by Crippen LogP contribution is -2.67. The van der Waals surface area contributed by atoms with Crippen LogP contribution in [0.25, 0.3) is 0 Å². The molecule has 3 unspecified atom stereocenters. The minimum atomic E-state index is -0.485. The first-order chi connectivity index (χ1) is 8.20. The highest BCUT2D eigenvalue weighted by molar-refractivity contribution is 5.97. The highest BCUT2D eigenvalue weighted by atomic mass is 16.2. The Morgan fingerprint density at radius 2 is 2.00 bits per heavy atom. The summed E-state index contributed by atoms with van der Waals surface area (Å²) in [5, 5.41) is 2.80. The molecule has 0 aromatic heterocycles. The molecule has 0 aromatic rings. The molecule has 1 aliphatic rings. The topological polar surface area (TPSA) is 49.4 Å². The number of amides is 2. The van der Waals surface area contributed by atoms with Crippen molar-refractivity contribution >= 4 is 11.8 Å². The van der Waals surface area contributed by atoms with Gasteiger partial charge < -0.3 is 10.2 Å². The van der Waals surface area contributed by atoms with Crippen LogP contribution in [0, 0.1) is 17.8 Å². The molecule has 0 aliphatic carbocycles. The maximum atomic E-state index is 12.5. The van der Waals surface area contributed by atoms with Crippen LogP contribution < -0.4 is 5.32 Å². The van der Waals surface area contributed by atoms with E-state index in [1.165, 1.54) is 0 Å². The van der Waals surface area contributed by atoms with E-state index in [-0.39, 0.29) is 23.3 Å². The van der Waals surface area contributed by atoms with Crippen LogP contribution in [0.2, 0.25) is 0 Å². The SMILES string of the molecule is C#CCC(C)N1C(=O)C(C(C)(C)C)NC(=O)C1C. The quantitative estimate of drug-likeness (QED) is 0.748. The average Bonchev–Trinajstić information content (AvgIpc) is 2.22. The van der Waals surface area contributed by atoms with Gasteiger partial charge in [-0.1, -0.05) is 20.8 Å². The number of hydrogen-bond donors (Lipinski definition) is 1. The third-order valence-corrected chi connectivity index (χ3v) is 3.34. The van der Waals surface area contributed by atoms with Crippen molar-refractivity contribution < 1.29 is 9.59 Å². The third-order valence-electron chi connectivity index (χ3n) is 3.34. The van der Waals surface area contributed by atoms with Crippen molar-refractivity contribution in [3.63, 3.8) is 0 Å². The summed E-state index contributed by atoms with van der Waals surface area (Å²) in [4.78, 5) is 26.1. The first kappa shape index (κ1) is 14.6. The Balaban J connectivity index is 3.04. The number of nitrogens with one attached hydrogen (secondary N) is 1. The summed E-state index contributed by atoms with van der Waals surface area (Å²) in [6, 6.07) is -1.06. The lowest BCUT2D eigenvalue weighted by Gasteiger charge is -2.44. The maximum absolute atomic E-state index is 12.5. The summed E-state index contributed by atoms with van der Waals surface area (Å²) in [6.45, 7) is 9.44. The molecule has 2 amide bonds. The summed E-state index contributed by atoms with van der Waals surface area (Å²) in [7, 11) is 0. The second-order valence-electron chi connectivity index (χ2n) is 5.99. The largest absolute Gasteiger partial charge is 0.342 e. The van der Waals surface area contributed by atoms with Crippen LogP contribution >= 0.6 is 0 Å². The fourth-order valence-electron chi connectivity index (χ4n) is 2.25. The van der Waals surface area contributed by atoms with Gasteiger partial charge in [-0.15, -0.1) is 12.3 Å². The highest BCUT2D eigenvalue weighted by Crippen LogP contribution is 2.26. The van der Waals surface area contributed by atoms with Crippen LogP contribution in [-0.4, -0.2) is 34.8 Å². The van der Waals surface area contributed by atoms with Crippen LogP contribution in [-0.2, 0) is 9.59 Å². The molecule has 0 radical (unpaired) electrons. The van der Waals surface area contributed by atoms with Gasteiger partial charge in [0.25, 0.3) is 0 Å². The Labute approximate surface area is 109 Å². The summed E-state index contributed by atoms with van der Waals surface area (Å²) in [5.41, 5.74) is -0.305.